The third kappa shape index (κ3) is 6.21. The number of benzene rings is 1. The molecule has 0 fully saturated rings. The Hall–Kier alpha value is -0.870. The highest BCUT2D eigenvalue weighted by Crippen LogP contribution is 2.08. The van der Waals surface area contributed by atoms with Crippen LogP contribution in [0.5, 0.6) is 0 Å². The molecule has 0 saturated heterocycles. The Morgan fingerprint density at radius 1 is 1.32 bits per heavy atom. The van der Waals surface area contributed by atoms with Gasteiger partial charge in [-0.05, 0) is 24.1 Å². The van der Waals surface area contributed by atoms with Crippen molar-refractivity contribution in [2.24, 2.45) is 10.1 Å². The van der Waals surface area contributed by atoms with Gasteiger partial charge in [0.25, 0.3) is 0 Å². The molecule has 4 N–H and O–H groups in total. The fraction of sp³-hybridized carbons (Fsp3) is 0.364. The van der Waals surface area contributed by atoms with Gasteiger partial charge in [-0.1, -0.05) is 12.1 Å². The van der Waals surface area contributed by atoms with E-state index in [4.69, 9.17) is 5.14 Å². The molecule has 0 radical (unpaired) electrons. The first kappa shape index (κ1) is 18.1. The van der Waals surface area contributed by atoms with Gasteiger partial charge in [0.15, 0.2) is 5.96 Å². The number of guanidine groups is 1. The monoisotopic (exact) mass is 398 g/mol. The molecule has 19 heavy (non-hydrogen) atoms. The molecule has 0 atom stereocenters. The highest BCUT2D eigenvalue weighted by atomic mass is 127. The summed E-state index contributed by atoms with van der Waals surface area (Å²) in [6.45, 7) is 0.711. The quantitative estimate of drug-likeness (QED) is 0.386. The van der Waals surface area contributed by atoms with Crippen LogP contribution in [0.3, 0.4) is 0 Å². The number of rotatable bonds is 4. The van der Waals surface area contributed by atoms with Crippen molar-refractivity contribution in [3.05, 3.63) is 29.8 Å². The van der Waals surface area contributed by atoms with Crippen LogP contribution in [0.2, 0.25) is 0 Å². The van der Waals surface area contributed by atoms with Crippen molar-refractivity contribution in [2.75, 3.05) is 20.6 Å². The van der Waals surface area contributed by atoms with Crippen LogP contribution in [0.1, 0.15) is 5.56 Å². The molecule has 6 nitrogen and oxygen atoms in total. The Balaban J connectivity index is 0.00000324. The van der Waals surface area contributed by atoms with E-state index in [1.807, 2.05) is 0 Å². The van der Waals surface area contributed by atoms with Crippen molar-refractivity contribution in [3.63, 3.8) is 0 Å². The number of nitrogens with one attached hydrogen (secondary N) is 2. The molecule has 0 amide bonds. The second-order valence-electron chi connectivity index (χ2n) is 3.69. The van der Waals surface area contributed by atoms with Crippen molar-refractivity contribution in [2.45, 2.75) is 11.3 Å². The number of halogens is 1. The summed E-state index contributed by atoms with van der Waals surface area (Å²) in [4.78, 5) is 4.11. The molecule has 0 unspecified atom stereocenters. The lowest BCUT2D eigenvalue weighted by atomic mass is 10.1. The van der Waals surface area contributed by atoms with Crippen LogP contribution in [0, 0.1) is 0 Å². The lowest BCUT2D eigenvalue weighted by Gasteiger charge is -2.08. The number of nitrogens with zero attached hydrogens (tertiary/aromatic N) is 1. The minimum Gasteiger partial charge on any atom is -0.359 e. The molecule has 8 heteroatoms. The molecule has 108 valence electrons. The first-order valence-corrected chi connectivity index (χ1v) is 7.02. The Kier molecular flexibility index (Phi) is 7.95. The lowest BCUT2D eigenvalue weighted by molar-refractivity contribution is 0.598. The van der Waals surface area contributed by atoms with E-state index < -0.39 is 10.0 Å². The second kappa shape index (κ2) is 8.33. The van der Waals surface area contributed by atoms with Gasteiger partial charge in [0.2, 0.25) is 10.0 Å². The number of hydrogen-bond donors (Lipinski definition) is 3. The molecule has 1 aromatic carbocycles. The van der Waals surface area contributed by atoms with Gasteiger partial charge in [-0.15, -0.1) is 24.0 Å². The van der Waals surface area contributed by atoms with Crippen molar-refractivity contribution < 1.29 is 8.42 Å². The number of primary sulfonamides is 1. The van der Waals surface area contributed by atoms with Gasteiger partial charge in [0.1, 0.15) is 0 Å². The van der Waals surface area contributed by atoms with Crippen LogP contribution in [0.25, 0.3) is 0 Å². The molecule has 1 aromatic rings. The predicted molar refractivity (Wildman–Crippen MR) is 87.4 cm³/mol. The second-order valence-corrected chi connectivity index (χ2v) is 5.25. The van der Waals surface area contributed by atoms with Crippen LogP contribution in [0.4, 0.5) is 0 Å². The zero-order chi connectivity index (χ0) is 13.6. The highest BCUT2D eigenvalue weighted by Gasteiger charge is 2.06. The van der Waals surface area contributed by atoms with Gasteiger partial charge in [-0.2, -0.15) is 0 Å². The third-order valence-electron chi connectivity index (χ3n) is 2.42. The first-order chi connectivity index (χ1) is 8.47. The lowest BCUT2D eigenvalue weighted by Crippen LogP contribution is -2.35. The van der Waals surface area contributed by atoms with E-state index in [0.717, 1.165) is 17.9 Å². The van der Waals surface area contributed by atoms with E-state index in [-0.39, 0.29) is 28.9 Å². The number of aliphatic imine (C=N–C) groups is 1. The van der Waals surface area contributed by atoms with Gasteiger partial charge >= 0.3 is 0 Å². The summed E-state index contributed by atoms with van der Waals surface area (Å²) >= 11 is 0. The van der Waals surface area contributed by atoms with Gasteiger partial charge in [0.05, 0.1) is 4.90 Å². The summed E-state index contributed by atoms with van der Waals surface area (Å²) in [7, 11) is -0.124. The van der Waals surface area contributed by atoms with Crippen LogP contribution in [-0.4, -0.2) is 35.0 Å². The third-order valence-corrected chi connectivity index (χ3v) is 3.35. The minimum atomic E-state index is -3.61. The molecule has 0 aliphatic carbocycles. The molecule has 0 aromatic heterocycles. The molecule has 0 heterocycles. The maximum Gasteiger partial charge on any atom is 0.238 e. The first-order valence-electron chi connectivity index (χ1n) is 5.47. The highest BCUT2D eigenvalue weighted by molar-refractivity contribution is 14.0. The van der Waals surface area contributed by atoms with E-state index in [9.17, 15) is 8.42 Å². The van der Waals surface area contributed by atoms with Crippen LogP contribution < -0.4 is 15.8 Å². The van der Waals surface area contributed by atoms with E-state index in [1.54, 1.807) is 26.2 Å². The molecule has 1 rings (SSSR count). The van der Waals surface area contributed by atoms with E-state index in [2.05, 4.69) is 15.6 Å². The number of hydrogen-bond acceptors (Lipinski definition) is 3. The molecule has 0 saturated carbocycles. The van der Waals surface area contributed by atoms with Crippen LogP contribution >= 0.6 is 24.0 Å². The van der Waals surface area contributed by atoms with Crippen LogP contribution in [-0.2, 0) is 16.4 Å². The summed E-state index contributed by atoms with van der Waals surface area (Å²) in [6, 6.07) is 6.53. The van der Waals surface area contributed by atoms with Crippen molar-refractivity contribution in [3.8, 4) is 0 Å². The molecular formula is C11H19IN4O2S. The molecule has 0 aliphatic heterocycles. The van der Waals surface area contributed by atoms with Crippen molar-refractivity contribution >= 4 is 40.0 Å². The summed E-state index contributed by atoms with van der Waals surface area (Å²) in [5, 5.41) is 11.0. The standard InChI is InChI=1S/C11H18N4O2S.HI/c1-13-11(14-2)15-8-7-9-3-5-10(6-4-9)18(12,16)17;/h3-6H,7-8H2,1-2H3,(H2,12,16,17)(H2,13,14,15);1H. The van der Waals surface area contributed by atoms with E-state index in [1.165, 1.54) is 12.1 Å². The SMILES string of the molecule is CN=C(NC)NCCc1ccc(S(N)(=O)=O)cc1.I. The van der Waals surface area contributed by atoms with Crippen molar-refractivity contribution in [1.29, 1.82) is 0 Å². The largest absolute Gasteiger partial charge is 0.359 e. The number of nitrogens with two attached hydrogens (primary N) is 1. The van der Waals surface area contributed by atoms with Crippen molar-refractivity contribution in [1.82, 2.24) is 10.6 Å². The Morgan fingerprint density at radius 2 is 1.89 bits per heavy atom. The fourth-order valence-corrected chi connectivity index (χ4v) is 1.97. The van der Waals surface area contributed by atoms with E-state index >= 15 is 0 Å². The summed E-state index contributed by atoms with van der Waals surface area (Å²) in [5.41, 5.74) is 1.03. The molecule has 0 aliphatic rings. The normalized spacial score (nSPS) is 11.6. The Morgan fingerprint density at radius 3 is 2.32 bits per heavy atom. The predicted octanol–water partition coefficient (Wildman–Crippen LogP) is 0.289. The van der Waals surface area contributed by atoms with Gasteiger partial charge in [-0.3, -0.25) is 4.99 Å². The Labute approximate surface area is 130 Å². The van der Waals surface area contributed by atoms with Crippen LogP contribution in [0.15, 0.2) is 34.2 Å². The Bertz CT molecular complexity index is 514. The average molecular weight is 398 g/mol. The summed E-state index contributed by atoms with van der Waals surface area (Å²) in [6.07, 6.45) is 0.769. The van der Waals surface area contributed by atoms with Gasteiger partial charge in [-0.25, -0.2) is 13.6 Å². The summed E-state index contributed by atoms with van der Waals surface area (Å²) < 4.78 is 22.1. The zero-order valence-corrected chi connectivity index (χ0v) is 14.0. The fourth-order valence-electron chi connectivity index (χ4n) is 1.45. The minimum absolute atomic E-state index is 0. The summed E-state index contributed by atoms with van der Waals surface area (Å²) in [5.74, 6) is 0.719. The molecule has 0 spiro atoms. The molecule has 0 bridgehead atoms. The zero-order valence-electron chi connectivity index (χ0n) is 10.9. The number of sulfonamides is 1. The van der Waals surface area contributed by atoms with E-state index in [0.29, 0.717) is 6.54 Å². The maximum absolute atomic E-state index is 11.1. The molecular weight excluding hydrogens is 379 g/mol. The maximum atomic E-state index is 11.1. The topological polar surface area (TPSA) is 96.6 Å². The van der Waals surface area contributed by atoms with Gasteiger partial charge in [0, 0.05) is 20.6 Å². The smallest absolute Gasteiger partial charge is 0.238 e. The average Bonchev–Trinajstić information content (AvgIpc) is 2.34. The van der Waals surface area contributed by atoms with Gasteiger partial charge < -0.3 is 10.6 Å².